The fourth-order valence-electron chi connectivity index (χ4n) is 1.77. The van der Waals surface area contributed by atoms with Gasteiger partial charge in [0.25, 0.3) is 5.91 Å². The number of benzene rings is 1. The van der Waals surface area contributed by atoms with E-state index in [1.807, 2.05) is 38.1 Å². The average molecular weight is 327 g/mol. The van der Waals surface area contributed by atoms with E-state index < -0.39 is 13.5 Å². The van der Waals surface area contributed by atoms with Crippen LogP contribution in [-0.2, 0) is 5.16 Å². The van der Waals surface area contributed by atoms with Gasteiger partial charge in [-0.15, -0.1) is 11.3 Å². The van der Waals surface area contributed by atoms with Crippen LogP contribution >= 0.6 is 19.7 Å². The molecule has 0 spiro atoms. The molecule has 6 heteroatoms. The lowest BCUT2D eigenvalue weighted by Gasteiger charge is -2.26. The molecule has 0 aliphatic carbocycles. The highest BCUT2D eigenvalue weighted by Crippen LogP contribution is 2.49. The molecule has 2 aromatic rings. The number of carbonyl (C=O) groups is 1. The lowest BCUT2D eigenvalue weighted by Crippen LogP contribution is -2.15. The Balaban J connectivity index is 0.00000106. The minimum Gasteiger partial charge on any atom is -0.354 e. The highest BCUT2D eigenvalue weighted by Gasteiger charge is 2.29. The number of hydrogen-bond acceptors (Lipinski definition) is 4. The summed E-state index contributed by atoms with van der Waals surface area (Å²) in [5.41, 5.74) is 0.859. The fourth-order valence-corrected chi connectivity index (χ4v) is 3.13. The Bertz CT molecular complexity index is 622. The first kappa shape index (κ1) is 18.1. The molecule has 0 unspecified atom stereocenters. The van der Waals surface area contributed by atoms with Crippen molar-refractivity contribution in [3.05, 3.63) is 34.7 Å². The predicted octanol–water partition coefficient (Wildman–Crippen LogP) is 3.82. The molecule has 1 heterocycles. The summed E-state index contributed by atoms with van der Waals surface area (Å²) in [5, 5.41) is 2.87. The first-order valence-electron chi connectivity index (χ1n) is 6.80. The van der Waals surface area contributed by atoms with Crippen molar-refractivity contribution in [1.29, 1.82) is 0 Å². The van der Waals surface area contributed by atoms with E-state index in [-0.39, 0.29) is 5.91 Å². The van der Waals surface area contributed by atoms with Gasteiger partial charge in [-0.25, -0.2) is 0 Å². The van der Waals surface area contributed by atoms with E-state index in [1.165, 1.54) is 11.3 Å². The topological polar surface area (TPSA) is 69.6 Å². The molecular weight excluding hydrogens is 305 g/mol. The van der Waals surface area contributed by atoms with E-state index in [1.54, 1.807) is 20.9 Å². The molecule has 0 aliphatic heterocycles. The standard InChI is InChI=1S/C13H16NO3PS.C2H6/c1-13(2,18(16)17)9-4-5-10-8(6-9)7-11(19-10)12(15)14-3;1-2/h4-7,16-17H,1-3H3,(H,14,15);1-2H3. The molecule has 0 fully saturated rings. The molecule has 4 nitrogen and oxygen atoms in total. The van der Waals surface area contributed by atoms with Gasteiger partial charge in [0.15, 0.2) is 8.38 Å². The van der Waals surface area contributed by atoms with Crippen LogP contribution in [0.3, 0.4) is 0 Å². The molecule has 0 bridgehead atoms. The molecule has 0 radical (unpaired) electrons. The van der Waals surface area contributed by atoms with E-state index in [2.05, 4.69) is 5.32 Å². The van der Waals surface area contributed by atoms with Crippen molar-refractivity contribution in [3.8, 4) is 0 Å². The zero-order valence-corrected chi connectivity index (χ0v) is 14.7. The van der Waals surface area contributed by atoms with Gasteiger partial charge in [0.1, 0.15) is 0 Å². The predicted molar refractivity (Wildman–Crippen MR) is 90.9 cm³/mol. The van der Waals surface area contributed by atoms with Gasteiger partial charge in [-0.1, -0.05) is 19.9 Å². The maximum absolute atomic E-state index is 11.6. The third-order valence-electron chi connectivity index (χ3n) is 3.17. The summed E-state index contributed by atoms with van der Waals surface area (Å²) in [5.74, 6) is -0.103. The average Bonchev–Trinajstić information content (AvgIpc) is 2.91. The second kappa shape index (κ2) is 7.32. The second-order valence-electron chi connectivity index (χ2n) is 4.79. The number of carbonyl (C=O) groups excluding carboxylic acids is 1. The smallest absolute Gasteiger partial charge is 0.261 e. The maximum atomic E-state index is 11.6. The number of hydrogen-bond donors (Lipinski definition) is 3. The van der Waals surface area contributed by atoms with E-state index in [9.17, 15) is 14.6 Å². The van der Waals surface area contributed by atoms with Gasteiger partial charge in [0, 0.05) is 11.7 Å². The summed E-state index contributed by atoms with van der Waals surface area (Å²) in [4.78, 5) is 31.2. The molecule has 0 atom stereocenters. The van der Waals surface area contributed by atoms with Crippen molar-refractivity contribution in [3.63, 3.8) is 0 Å². The Kier molecular flexibility index (Phi) is 6.29. The fraction of sp³-hybridized carbons (Fsp3) is 0.400. The van der Waals surface area contributed by atoms with Crippen LogP contribution in [0.1, 0.15) is 42.9 Å². The van der Waals surface area contributed by atoms with Crippen LogP contribution in [0.15, 0.2) is 24.3 Å². The van der Waals surface area contributed by atoms with E-state index in [0.29, 0.717) is 4.88 Å². The Morgan fingerprint density at radius 3 is 2.38 bits per heavy atom. The quantitative estimate of drug-likeness (QED) is 0.751. The van der Waals surface area contributed by atoms with Crippen molar-refractivity contribution < 1.29 is 14.6 Å². The summed E-state index contributed by atoms with van der Waals surface area (Å²) < 4.78 is 1.01. The van der Waals surface area contributed by atoms with Crippen LogP contribution in [0.5, 0.6) is 0 Å². The SMILES string of the molecule is CC.CNC(=O)c1cc2cc(C(C)(C)P(O)O)ccc2s1. The van der Waals surface area contributed by atoms with Crippen LogP contribution in [0, 0.1) is 0 Å². The minimum absolute atomic E-state index is 0.103. The van der Waals surface area contributed by atoms with Crippen LogP contribution in [-0.4, -0.2) is 22.7 Å². The maximum Gasteiger partial charge on any atom is 0.261 e. The van der Waals surface area contributed by atoms with E-state index in [0.717, 1.165) is 15.6 Å². The number of amides is 1. The van der Waals surface area contributed by atoms with Crippen LogP contribution < -0.4 is 5.32 Å². The molecule has 1 amide bonds. The lowest BCUT2D eigenvalue weighted by atomic mass is 10.0. The second-order valence-corrected chi connectivity index (χ2v) is 7.57. The van der Waals surface area contributed by atoms with Crippen molar-refractivity contribution in [2.75, 3.05) is 7.05 Å². The molecular formula is C15H22NO3PS. The molecule has 1 aromatic heterocycles. The zero-order chi connectivity index (χ0) is 16.2. The van der Waals surface area contributed by atoms with Gasteiger partial charge in [-0.2, -0.15) is 0 Å². The molecule has 116 valence electrons. The first-order chi connectivity index (χ1) is 9.86. The molecule has 0 saturated carbocycles. The normalized spacial score (nSPS) is 11.2. The minimum atomic E-state index is -2.06. The van der Waals surface area contributed by atoms with Crippen molar-refractivity contribution in [1.82, 2.24) is 5.32 Å². The monoisotopic (exact) mass is 327 g/mol. The summed E-state index contributed by atoms with van der Waals surface area (Å²) in [6.07, 6.45) is 0. The van der Waals surface area contributed by atoms with Gasteiger partial charge < -0.3 is 15.1 Å². The molecule has 1 aromatic carbocycles. The van der Waals surface area contributed by atoms with E-state index >= 15 is 0 Å². The Morgan fingerprint density at radius 1 is 1.24 bits per heavy atom. The number of thiophene rings is 1. The summed E-state index contributed by atoms with van der Waals surface area (Å²) in [7, 11) is -0.457. The van der Waals surface area contributed by atoms with E-state index in [4.69, 9.17) is 0 Å². The first-order valence-corrected chi connectivity index (χ1v) is 8.87. The highest BCUT2D eigenvalue weighted by atomic mass is 32.1. The third-order valence-corrected chi connectivity index (χ3v) is 5.55. The van der Waals surface area contributed by atoms with Gasteiger partial charge in [0.2, 0.25) is 0 Å². The van der Waals surface area contributed by atoms with Gasteiger partial charge in [-0.3, -0.25) is 4.79 Å². The summed E-state index contributed by atoms with van der Waals surface area (Å²) in [6, 6.07) is 7.55. The summed E-state index contributed by atoms with van der Waals surface area (Å²) in [6.45, 7) is 7.60. The Labute approximate surface area is 130 Å². The zero-order valence-electron chi connectivity index (χ0n) is 13.0. The van der Waals surface area contributed by atoms with Crippen molar-refractivity contribution in [2.45, 2.75) is 32.9 Å². The molecule has 21 heavy (non-hydrogen) atoms. The van der Waals surface area contributed by atoms with Crippen molar-refractivity contribution >= 4 is 35.7 Å². The molecule has 2 rings (SSSR count). The lowest BCUT2D eigenvalue weighted by molar-refractivity contribution is 0.0967. The number of nitrogens with one attached hydrogen (secondary N) is 1. The third kappa shape index (κ3) is 3.80. The van der Waals surface area contributed by atoms with Gasteiger partial charge in [-0.05, 0) is 43.0 Å². The Morgan fingerprint density at radius 2 is 1.86 bits per heavy atom. The van der Waals surface area contributed by atoms with Crippen LogP contribution in [0.25, 0.3) is 10.1 Å². The van der Waals surface area contributed by atoms with Crippen LogP contribution in [0.4, 0.5) is 0 Å². The van der Waals surface area contributed by atoms with Crippen molar-refractivity contribution in [2.24, 2.45) is 0 Å². The molecule has 0 saturated heterocycles. The van der Waals surface area contributed by atoms with Gasteiger partial charge in [0.05, 0.1) is 10.0 Å². The van der Waals surface area contributed by atoms with Crippen LogP contribution in [0.2, 0.25) is 0 Å². The Hall–Kier alpha value is -1.00. The molecule has 0 aliphatic rings. The number of fused-ring (bicyclic) bond motifs is 1. The molecule has 3 N–H and O–H groups in total. The highest BCUT2D eigenvalue weighted by molar-refractivity contribution is 7.46. The number of rotatable bonds is 3. The largest absolute Gasteiger partial charge is 0.354 e. The van der Waals surface area contributed by atoms with Gasteiger partial charge >= 0.3 is 0 Å². The summed E-state index contributed by atoms with van der Waals surface area (Å²) >= 11 is 1.43.